The number of halogens is 5. The molecule has 0 bridgehead atoms. The maximum Gasteiger partial charge on any atom is 0.255 e. The Balaban J connectivity index is 0.000000191. The lowest BCUT2D eigenvalue weighted by atomic mass is 10.2. The van der Waals surface area contributed by atoms with E-state index in [1.54, 1.807) is 0 Å². The molecule has 1 aliphatic rings. The number of fused-ring (bicyclic) bond motifs is 1. The molecule has 12 heteroatoms. The topological polar surface area (TPSA) is 109 Å². The number of hydrogen-bond donors (Lipinski definition) is 3. The van der Waals surface area contributed by atoms with Gasteiger partial charge < -0.3 is 31.0 Å². The Kier molecular flexibility index (Phi) is 14.2. The van der Waals surface area contributed by atoms with E-state index in [9.17, 15) is 4.79 Å². The number of primary amides is 1. The first-order chi connectivity index (χ1) is 17.2. The van der Waals surface area contributed by atoms with Gasteiger partial charge in [-0.1, -0.05) is 18.2 Å². The van der Waals surface area contributed by atoms with E-state index in [2.05, 4.69) is 85.0 Å². The summed E-state index contributed by atoms with van der Waals surface area (Å²) in [5.74, 6) is 1.82. The van der Waals surface area contributed by atoms with Crippen molar-refractivity contribution >= 4 is 91.2 Å². The van der Waals surface area contributed by atoms with Crippen molar-refractivity contribution in [3.63, 3.8) is 0 Å². The number of rotatable bonds is 6. The fourth-order valence-electron chi connectivity index (χ4n) is 2.68. The zero-order valence-corrected chi connectivity index (χ0v) is 26.8. The van der Waals surface area contributed by atoms with E-state index in [1.165, 1.54) is 0 Å². The van der Waals surface area contributed by atoms with Gasteiger partial charge in [-0.3, -0.25) is 4.79 Å². The van der Waals surface area contributed by atoms with Gasteiger partial charge in [0.1, 0.15) is 24.7 Å². The van der Waals surface area contributed by atoms with Crippen LogP contribution < -0.4 is 31.0 Å². The van der Waals surface area contributed by atoms with Crippen LogP contribution in [0.15, 0.2) is 77.0 Å². The molecule has 0 aliphatic carbocycles. The Morgan fingerprint density at radius 2 is 1.33 bits per heavy atom. The van der Waals surface area contributed by atoms with Crippen LogP contribution in [0.25, 0.3) is 0 Å². The minimum Gasteiger partial charge on any atom is -0.490 e. The number of carbonyl (C=O) groups is 1. The number of carbonyl (C=O) groups excluding carboxylic acids is 1. The summed E-state index contributed by atoms with van der Waals surface area (Å²) >= 11 is 16.8. The predicted octanol–water partition coefficient (Wildman–Crippen LogP) is 6.88. The monoisotopic (exact) mass is 813 g/mol. The van der Waals surface area contributed by atoms with Gasteiger partial charge in [0.15, 0.2) is 12.4 Å². The lowest BCUT2D eigenvalue weighted by Crippen LogP contribution is -2.20. The van der Waals surface area contributed by atoms with Crippen molar-refractivity contribution < 1.29 is 19.0 Å². The van der Waals surface area contributed by atoms with Gasteiger partial charge in [-0.15, -0.1) is 0 Å². The largest absolute Gasteiger partial charge is 0.490 e. The van der Waals surface area contributed by atoms with Crippen molar-refractivity contribution in [3.8, 4) is 17.2 Å². The van der Waals surface area contributed by atoms with Gasteiger partial charge in [0.25, 0.3) is 5.91 Å². The number of amides is 1. The molecule has 36 heavy (non-hydrogen) atoms. The standard InChI is InChI=1S/C8H7Br2NO2.C8H9Br2NO.C8H8BrNO/c9-5-2-1-3-6(10)8(5)13-4-7(11)12;9-6-2-1-3-7(10)8(6)12-5-4-11;9-6-2-1-3-7-8(6)11-5-4-10-7/h1-3H,4H2,(H2,11,12);1-3H,4-5,11H2;1-3,10H,4-5H2. The second-order valence-electron chi connectivity index (χ2n) is 6.89. The molecule has 1 heterocycles. The van der Waals surface area contributed by atoms with E-state index in [4.69, 9.17) is 25.7 Å². The average Bonchev–Trinajstić information content (AvgIpc) is 2.85. The highest BCUT2D eigenvalue weighted by molar-refractivity contribution is 9.11. The maximum atomic E-state index is 10.5. The summed E-state index contributed by atoms with van der Waals surface area (Å²) in [6.07, 6.45) is 0. The highest BCUT2D eigenvalue weighted by Crippen LogP contribution is 2.35. The lowest BCUT2D eigenvalue weighted by Gasteiger charge is -2.19. The zero-order valence-electron chi connectivity index (χ0n) is 18.9. The SMILES string of the molecule is Brc1cccc2c1OCCN2.NC(=O)COc1c(Br)cccc1Br.NCCOc1c(Br)cccc1Br. The maximum absolute atomic E-state index is 10.5. The molecule has 3 aromatic rings. The third-order valence-corrected chi connectivity index (χ3v) is 7.31. The van der Waals surface area contributed by atoms with Crippen molar-refractivity contribution in [1.29, 1.82) is 0 Å². The van der Waals surface area contributed by atoms with E-state index in [-0.39, 0.29) is 6.61 Å². The van der Waals surface area contributed by atoms with Crippen molar-refractivity contribution in [1.82, 2.24) is 0 Å². The van der Waals surface area contributed by atoms with Crippen LogP contribution in [0.1, 0.15) is 0 Å². The summed E-state index contributed by atoms with van der Waals surface area (Å²) < 4.78 is 20.5. The van der Waals surface area contributed by atoms with Crippen LogP contribution >= 0.6 is 79.6 Å². The number of benzene rings is 3. The van der Waals surface area contributed by atoms with Crippen LogP contribution in [0.4, 0.5) is 5.69 Å². The first-order valence-electron chi connectivity index (χ1n) is 10.5. The van der Waals surface area contributed by atoms with E-state index in [0.717, 1.165) is 52.7 Å². The summed E-state index contributed by atoms with van der Waals surface area (Å²) in [4.78, 5) is 10.5. The third-order valence-electron chi connectivity index (χ3n) is 4.19. The summed E-state index contributed by atoms with van der Waals surface area (Å²) in [5.41, 5.74) is 11.3. The minimum atomic E-state index is -0.498. The molecule has 0 fully saturated rings. The van der Waals surface area contributed by atoms with E-state index < -0.39 is 5.91 Å². The van der Waals surface area contributed by atoms with Crippen LogP contribution in [0.3, 0.4) is 0 Å². The van der Waals surface area contributed by atoms with Gasteiger partial charge in [0.2, 0.25) is 0 Å². The predicted molar refractivity (Wildman–Crippen MR) is 161 cm³/mol. The van der Waals surface area contributed by atoms with Gasteiger partial charge in [0, 0.05) is 13.1 Å². The molecular formula is C24H24Br5N3O4. The van der Waals surface area contributed by atoms with Gasteiger partial charge >= 0.3 is 0 Å². The molecule has 5 N–H and O–H groups in total. The van der Waals surface area contributed by atoms with Gasteiger partial charge in [-0.05, 0) is 116 Å². The van der Waals surface area contributed by atoms with Crippen molar-refractivity contribution in [3.05, 3.63) is 77.0 Å². The molecule has 0 radical (unpaired) electrons. The summed E-state index contributed by atoms with van der Waals surface area (Å²) in [5, 5.41) is 3.25. The number of nitrogens with one attached hydrogen (secondary N) is 1. The highest BCUT2D eigenvalue weighted by Gasteiger charge is 2.11. The molecule has 0 saturated heterocycles. The molecule has 3 aromatic carbocycles. The van der Waals surface area contributed by atoms with Crippen molar-refractivity contribution in [2.24, 2.45) is 11.5 Å². The summed E-state index contributed by atoms with van der Waals surface area (Å²) in [6, 6.07) is 17.3. The quantitative estimate of drug-likeness (QED) is 0.251. The van der Waals surface area contributed by atoms with Crippen LogP contribution in [-0.2, 0) is 4.79 Å². The Morgan fingerprint density at radius 1 is 0.833 bits per heavy atom. The number of nitrogens with two attached hydrogens (primary N) is 2. The number of hydrogen-bond acceptors (Lipinski definition) is 6. The second kappa shape index (κ2) is 16.5. The first kappa shape index (κ1) is 30.9. The van der Waals surface area contributed by atoms with Crippen LogP contribution in [0.5, 0.6) is 17.2 Å². The molecule has 0 atom stereocenters. The Morgan fingerprint density at radius 3 is 1.83 bits per heavy atom. The zero-order chi connectivity index (χ0) is 26.5. The molecule has 194 valence electrons. The van der Waals surface area contributed by atoms with E-state index in [1.807, 2.05) is 54.6 Å². The summed E-state index contributed by atoms with van der Waals surface area (Å²) in [7, 11) is 0. The minimum absolute atomic E-state index is 0.124. The molecule has 0 unspecified atom stereocenters. The third kappa shape index (κ3) is 10.2. The number of ether oxygens (including phenoxy) is 3. The fourth-order valence-corrected chi connectivity index (χ4v) is 5.61. The molecule has 7 nitrogen and oxygen atoms in total. The van der Waals surface area contributed by atoms with Crippen molar-refractivity contribution in [2.45, 2.75) is 0 Å². The lowest BCUT2D eigenvalue weighted by molar-refractivity contribution is -0.119. The Hall–Kier alpha value is -1.31. The molecule has 4 rings (SSSR count). The van der Waals surface area contributed by atoms with Crippen molar-refractivity contribution in [2.75, 3.05) is 38.2 Å². The Labute approximate surface area is 252 Å². The van der Waals surface area contributed by atoms with Crippen LogP contribution in [0.2, 0.25) is 0 Å². The highest BCUT2D eigenvalue weighted by atomic mass is 79.9. The second-order valence-corrected chi connectivity index (χ2v) is 11.2. The van der Waals surface area contributed by atoms with E-state index in [0.29, 0.717) is 18.9 Å². The molecule has 1 amide bonds. The Bertz CT molecular complexity index is 1110. The molecule has 0 spiro atoms. The smallest absolute Gasteiger partial charge is 0.255 e. The molecule has 0 aromatic heterocycles. The number of anilines is 1. The normalized spacial score (nSPS) is 11.3. The van der Waals surface area contributed by atoms with Crippen LogP contribution in [0, 0.1) is 0 Å². The van der Waals surface area contributed by atoms with Gasteiger partial charge in [-0.2, -0.15) is 0 Å². The van der Waals surface area contributed by atoms with Crippen LogP contribution in [-0.4, -0.2) is 38.8 Å². The van der Waals surface area contributed by atoms with Gasteiger partial charge in [0.05, 0.1) is 28.1 Å². The molecular weight excluding hydrogens is 794 g/mol. The number of para-hydroxylation sites is 3. The first-order valence-corrected chi connectivity index (χ1v) is 14.5. The fraction of sp³-hybridized carbons (Fsp3) is 0.208. The van der Waals surface area contributed by atoms with E-state index >= 15 is 0 Å². The molecule has 1 aliphatic heterocycles. The molecule has 0 saturated carbocycles. The summed E-state index contributed by atoms with van der Waals surface area (Å²) in [6.45, 7) is 2.56. The average molecular weight is 818 g/mol. The van der Waals surface area contributed by atoms with Gasteiger partial charge in [-0.25, -0.2) is 0 Å².